The molecule has 8 nitrogen and oxygen atoms in total. The molecule has 0 aromatic carbocycles. The van der Waals surface area contributed by atoms with Gasteiger partial charge in [0.2, 0.25) is 0 Å². The molecule has 1 saturated heterocycles. The van der Waals surface area contributed by atoms with Crippen molar-refractivity contribution in [2.75, 3.05) is 20.8 Å². The molecule has 0 bridgehead atoms. The Balaban J connectivity index is 1.32. The Morgan fingerprint density at radius 2 is 1.86 bits per heavy atom. The second-order valence-electron chi connectivity index (χ2n) is 12.9. The molecular formula is C29H46O8. The van der Waals surface area contributed by atoms with Crippen LogP contribution in [-0.4, -0.2) is 83.8 Å². The maximum atomic E-state index is 13.0. The van der Waals surface area contributed by atoms with E-state index < -0.39 is 29.0 Å². The average Bonchev–Trinajstić information content (AvgIpc) is 3.09. The normalized spacial score (nSPS) is 51.6. The predicted octanol–water partition coefficient (Wildman–Crippen LogP) is 2.91. The molecule has 0 aromatic heterocycles. The monoisotopic (exact) mass is 522 g/mol. The molecule has 4 fully saturated rings. The van der Waals surface area contributed by atoms with Crippen LogP contribution in [0.15, 0.2) is 11.6 Å². The summed E-state index contributed by atoms with van der Waals surface area (Å²) in [6.07, 6.45) is 6.83. The Bertz CT molecular complexity index is 922. The fourth-order valence-electron chi connectivity index (χ4n) is 8.97. The van der Waals surface area contributed by atoms with Crippen molar-refractivity contribution >= 4 is 5.78 Å². The number of methoxy groups -OCH3 is 2. The maximum Gasteiger partial charge on any atom is 0.190 e. The van der Waals surface area contributed by atoms with E-state index in [0.29, 0.717) is 25.2 Å². The van der Waals surface area contributed by atoms with Crippen LogP contribution in [0.3, 0.4) is 0 Å². The number of hydrogen-bond donors (Lipinski definition) is 3. The smallest absolute Gasteiger partial charge is 0.190 e. The van der Waals surface area contributed by atoms with Crippen LogP contribution in [0.1, 0.15) is 78.6 Å². The highest BCUT2D eigenvalue weighted by Crippen LogP contribution is 2.69. The Labute approximate surface area is 220 Å². The number of hydrogen-bond acceptors (Lipinski definition) is 8. The van der Waals surface area contributed by atoms with Gasteiger partial charge in [0.15, 0.2) is 12.1 Å². The third-order valence-corrected chi connectivity index (χ3v) is 11.4. The molecule has 37 heavy (non-hydrogen) atoms. The van der Waals surface area contributed by atoms with E-state index in [1.165, 1.54) is 12.7 Å². The van der Waals surface area contributed by atoms with Crippen LogP contribution >= 0.6 is 0 Å². The van der Waals surface area contributed by atoms with Crippen LogP contribution in [0.25, 0.3) is 0 Å². The van der Waals surface area contributed by atoms with Crippen LogP contribution in [0.5, 0.6) is 0 Å². The summed E-state index contributed by atoms with van der Waals surface area (Å²) in [5, 5.41) is 34.1. The van der Waals surface area contributed by atoms with Crippen molar-refractivity contribution in [3.8, 4) is 0 Å². The Kier molecular flexibility index (Phi) is 7.22. The highest BCUT2D eigenvalue weighted by atomic mass is 16.7. The van der Waals surface area contributed by atoms with Gasteiger partial charge in [0.25, 0.3) is 0 Å². The lowest BCUT2D eigenvalue weighted by molar-refractivity contribution is -0.266. The highest BCUT2D eigenvalue weighted by molar-refractivity contribution is 5.90. The molecule has 4 aliphatic carbocycles. The first-order valence-electron chi connectivity index (χ1n) is 14.1. The van der Waals surface area contributed by atoms with Crippen LogP contribution in [0, 0.1) is 22.7 Å². The zero-order chi connectivity index (χ0) is 26.8. The standard InChI is InChI=1S/C29H46O8/c1-17-25(31)22(35-5)15-24(36-17)37-19-8-10-26(2)18(14-19)6-7-21-20(26)9-11-27(3)28(21,32)12-13-29(27,33)23(30)16-34-4/h6,17,19-22,24-25,31-33H,7-16H2,1-5H3/t17-,19+,20+,21-,22+,24+,25-,26+,27+,28+,29-/m1/s1. The number of fused-ring (bicyclic) bond motifs is 5. The quantitative estimate of drug-likeness (QED) is 0.456. The van der Waals surface area contributed by atoms with E-state index in [9.17, 15) is 20.1 Å². The number of ketones is 1. The number of carbonyl (C=O) groups excluding carboxylic acids is 1. The van der Waals surface area contributed by atoms with Crippen molar-refractivity contribution in [2.24, 2.45) is 22.7 Å². The number of allylic oxidation sites excluding steroid dienone is 1. The molecule has 5 aliphatic rings. The largest absolute Gasteiger partial charge is 0.389 e. The summed E-state index contributed by atoms with van der Waals surface area (Å²) in [6, 6.07) is 0. The molecule has 210 valence electrons. The van der Waals surface area contributed by atoms with E-state index >= 15 is 0 Å². The minimum Gasteiger partial charge on any atom is -0.389 e. The molecule has 1 aliphatic heterocycles. The number of carbonyl (C=O) groups is 1. The number of Topliss-reactive ketones (excluding diaryl/α,β-unsaturated/α-hetero) is 1. The van der Waals surface area contributed by atoms with E-state index in [1.807, 2.05) is 13.8 Å². The SMILES string of the molecule is COCC(=O)[C@]1(O)CC[C@]2(O)[C@@H]3CC=C4C[C@@H](O[C@H]5C[C@H](OC)[C@H](O)[C@@H](C)O5)CC[C@]4(C)[C@H]3CC[C@]12C. The van der Waals surface area contributed by atoms with Crippen molar-refractivity contribution in [1.82, 2.24) is 0 Å². The topological polar surface area (TPSA) is 115 Å². The summed E-state index contributed by atoms with van der Waals surface area (Å²) >= 11 is 0. The van der Waals surface area contributed by atoms with Gasteiger partial charge in [-0.15, -0.1) is 0 Å². The van der Waals surface area contributed by atoms with E-state index in [1.54, 1.807) is 7.11 Å². The molecule has 0 aromatic rings. The van der Waals surface area contributed by atoms with Gasteiger partial charge < -0.3 is 34.3 Å². The molecule has 0 spiro atoms. The summed E-state index contributed by atoms with van der Waals surface area (Å²) in [4.78, 5) is 13.0. The molecule has 11 atom stereocenters. The first-order valence-corrected chi connectivity index (χ1v) is 14.1. The zero-order valence-electron chi connectivity index (χ0n) is 23.1. The molecule has 8 heteroatoms. The van der Waals surface area contributed by atoms with Gasteiger partial charge in [0.1, 0.15) is 18.3 Å². The number of aliphatic hydroxyl groups excluding tert-OH is 1. The minimum absolute atomic E-state index is 0.00770. The lowest BCUT2D eigenvalue weighted by Gasteiger charge is -2.62. The van der Waals surface area contributed by atoms with Gasteiger partial charge in [-0.25, -0.2) is 0 Å². The van der Waals surface area contributed by atoms with Crippen LogP contribution in [0.2, 0.25) is 0 Å². The van der Waals surface area contributed by atoms with Crippen molar-refractivity contribution in [3.05, 3.63) is 11.6 Å². The second-order valence-corrected chi connectivity index (χ2v) is 12.9. The van der Waals surface area contributed by atoms with Gasteiger partial charge in [-0.1, -0.05) is 25.5 Å². The maximum absolute atomic E-state index is 13.0. The van der Waals surface area contributed by atoms with Crippen molar-refractivity contribution in [3.63, 3.8) is 0 Å². The fourth-order valence-corrected chi connectivity index (χ4v) is 8.97. The predicted molar refractivity (Wildman–Crippen MR) is 136 cm³/mol. The van der Waals surface area contributed by atoms with E-state index in [-0.39, 0.29) is 48.5 Å². The molecule has 5 rings (SSSR count). The van der Waals surface area contributed by atoms with Gasteiger partial charge in [0.05, 0.1) is 23.9 Å². The van der Waals surface area contributed by atoms with Gasteiger partial charge in [0, 0.05) is 26.1 Å². The third kappa shape index (κ3) is 4.00. The molecular weight excluding hydrogens is 476 g/mol. The Morgan fingerprint density at radius 1 is 1.11 bits per heavy atom. The van der Waals surface area contributed by atoms with Crippen molar-refractivity contribution < 1.29 is 39.1 Å². The van der Waals surface area contributed by atoms with Crippen LogP contribution in [-0.2, 0) is 23.7 Å². The minimum atomic E-state index is -1.55. The first kappa shape index (κ1) is 27.7. The van der Waals surface area contributed by atoms with Crippen LogP contribution < -0.4 is 0 Å². The van der Waals surface area contributed by atoms with E-state index in [4.69, 9.17) is 18.9 Å². The van der Waals surface area contributed by atoms with Crippen LogP contribution in [0.4, 0.5) is 0 Å². The molecule has 3 N–H and O–H groups in total. The number of rotatable bonds is 6. The summed E-state index contributed by atoms with van der Waals surface area (Å²) in [5.74, 6) is -0.0102. The Morgan fingerprint density at radius 3 is 2.57 bits per heavy atom. The summed E-state index contributed by atoms with van der Waals surface area (Å²) in [7, 11) is 3.08. The lowest BCUT2D eigenvalue weighted by atomic mass is 9.45. The van der Waals surface area contributed by atoms with Gasteiger partial charge in [-0.05, 0) is 75.5 Å². The third-order valence-electron chi connectivity index (χ3n) is 11.4. The van der Waals surface area contributed by atoms with Gasteiger partial charge >= 0.3 is 0 Å². The lowest BCUT2D eigenvalue weighted by Crippen LogP contribution is -2.66. The number of aliphatic hydroxyl groups is 3. The average molecular weight is 523 g/mol. The van der Waals surface area contributed by atoms with Crippen molar-refractivity contribution in [1.29, 1.82) is 0 Å². The van der Waals surface area contributed by atoms with E-state index in [2.05, 4.69) is 13.0 Å². The molecule has 1 heterocycles. The first-order chi connectivity index (χ1) is 17.4. The van der Waals surface area contributed by atoms with E-state index in [0.717, 1.165) is 32.1 Å². The number of ether oxygens (including phenoxy) is 4. The zero-order valence-corrected chi connectivity index (χ0v) is 23.1. The summed E-state index contributed by atoms with van der Waals surface area (Å²) in [5.41, 5.74) is -2.16. The second kappa shape index (κ2) is 9.65. The fraction of sp³-hybridized carbons (Fsp3) is 0.897. The highest BCUT2D eigenvalue weighted by Gasteiger charge is 2.72. The Hall–Kier alpha value is -0.870. The summed E-state index contributed by atoms with van der Waals surface area (Å²) < 4.78 is 22.9. The summed E-state index contributed by atoms with van der Waals surface area (Å²) in [6.45, 7) is 5.98. The molecule has 0 amide bonds. The molecule has 0 unspecified atom stereocenters. The molecule has 0 radical (unpaired) electrons. The van der Waals surface area contributed by atoms with Gasteiger partial charge in [-0.2, -0.15) is 0 Å². The van der Waals surface area contributed by atoms with Gasteiger partial charge in [-0.3, -0.25) is 4.79 Å². The molecule has 3 saturated carbocycles. The van der Waals surface area contributed by atoms with Crippen molar-refractivity contribution in [2.45, 2.75) is 120 Å².